The van der Waals surface area contributed by atoms with Gasteiger partial charge in [0.05, 0.1) is 11.1 Å². The van der Waals surface area contributed by atoms with Crippen molar-refractivity contribution in [2.24, 2.45) is 0 Å². The molecule has 2 N–H and O–H groups in total. The lowest BCUT2D eigenvalue weighted by atomic mass is 9.91. The van der Waals surface area contributed by atoms with Crippen molar-refractivity contribution in [2.75, 3.05) is 5.32 Å². The van der Waals surface area contributed by atoms with Crippen LogP contribution in [0.5, 0.6) is 0 Å². The molecule has 4 rings (SSSR count). The Hall–Kier alpha value is -2.66. The number of nitrogens with one attached hydrogen (secondary N) is 2. The highest BCUT2D eigenvalue weighted by Gasteiger charge is 2.23. The van der Waals surface area contributed by atoms with E-state index in [4.69, 9.17) is 4.98 Å². The molecule has 0 saturated heterocycles. The number of fused-ring (bicyclic) bond motifs is 1. The quantitative estimate of drug-likeness (QED) is 0.680. The zero-order chi connectivity index (χ0) is 18.6. The molecule has 0 atom stereocenters. The van der Waals surface area contributed by atoms with Gasteiger partial charge >= 0.3 is 0 Å². The number of para-hydroxylation sites is 1. The van der Waals surface area contributed by atoms with Gasteiger partial charge < -0.3 is 10.6 Å². The molecule has 0 bridgehead atoms. The molecule has 0 radical (unpaired) electrons. The normalized spacial score (nSPS) is 18.9. The number of rotatable bonds is 4. The number of anilines is 1. The minimum atomic E-state index is -0.0358. The maximum absolute atomic E-state index is 12.3. The van der Waals surface area contributed by atoms with Crippen molar-refractivity contribution in [2.45, 2.75) is 44.7 Å². The zero-order valence-electron chi connectivity index (χ0n) is 15.9. The van der Waals surface area contributed by atoms with Gasteiger partial charge in [-0.1, -0.05) is 18.2 Å². The molecule has 28 heavy (non-hydrogen) atoms. The minimum Gasteiger partial charge on any atom is -0.367 e. The second-order valence-corrected chi connectivity index (χ2v) is 7.25. The number of pyridine rings is 2. The van der Waals surface area contributed by atoms with Gasteiger partial charge in [0.25, 0.3) is 5.91 Å². The summed E-state index contributed by atoms with van der Waals surface area (Å²) in [5.41, 5.74) is 2.88. The van der Waals surface area contributed by atoms with Gasteiger partial charge in [0, 0.05) is 29.9 Å². The Bertz CT molecular complexity index is 940. The molecule has 2 heterocycles. The SMILES string of the molecule is Cc1cc(NC2CCC(NC(=O)c3cccnc3)CC2)nc2ccccc12.Cl. The van der Waals surface area contributed by atoms with Crippen LogP contribution < -0.4 is 10.6 Å². The molecule has 1 fully saturated rings. The van der Waals surface area contributed by atoms with Crippen LogP contribution in [-0.4, -0.2) is 28.0 Å². The third-order valence-electron chi connectivity index (χ3n) is 5.26. The monoisotopic (exact) mass is 396 g/mol. The predicted molar refractivity (Wildman–Crippen MR) is 115 cm³/mol. The lowest BCUT2D eigenvalue weighted by Crippen LogP contribution is -2.40. The lowest BCUT2D eigenvalue weighted by molar-refractivity contribution is 0.0926. The average Bonchev–Trinajstić information content (AvgIpc) is 2.70. The molecule has 0 spiro atoms. The fourth-order valence-electron chi connectivity index (χ4n) is 3.78. The highest BCUT2D eigenvalue weighted by molar-refractivity contribution is 5.94. The van der Waals surface area contributed by atoms with E-state index in [2.05, 4.69) is 40.7 Å². The van der Waals surface area contributed by atoms with Crippen LogP contribution in [0.4, 0.5) is 5.82 Å². The van der Waals surface area contributed by atoms with Crippen LogP contribution in [0.1, 0.15) is 41.6 Å². The molecule has 5 nitrogen and oxygen atoms in total. The standard InChI is InChI=1S/C22H24N4O.ClH/c1-15-13-21(26-20-7-3-2-6-19(15)20)24-17-8-10-18(11-9-17)25-22(27)16-5-4-12-23-14-16;/h2-7,12-14,17-18H,8-11H2,1H3,(H,24,26)(H,25,27);1H. The number of hydrogen-bond acceptors (Lipinski definition) is 4. The van der Waals surface area contributed by atoms with Crippen molar-refractivity contribution >= 4 is 35.0 Å². The molecule has 2 aromatic heterocycles. The first-order valence-electron chi connectivity index (χ1n) is 9.53. The van der Waals surface area contributed by atoms with E-state index in [0.29, 0.717) is 11.6 Å². The number of nitrogens with zero attached hydrogens (tertiary/aromatic N) is 2. The smallest absolute Gasteiger partial charge is 0.253 e. The van der Waals surface area contributed by atoms with Crippen LogP contribution in [0.3, 0.4) is 0 Å². The zero-order valence-corrected chi connectivity index (χ0v) is 16.7. The number of amides is 1. The van der Waals surface area contributed by atoms with Gasteiger partial charge in [-0.05, 0) is 62.4 Å². The van der Waals surface area contributed by atoms with Gasteiger partial charge in [0.2, 0.25) is 0 Å². The summed E-state index contributed by atoms with van der Waals surface area (Å²) >= 11 is 0. The van der Waals surface area contributed by atoms with E-state index in [9.17, 15) is 4.79 Å². The van der Waals surface area contributed by atoms with E-state index < -0.39 is 0 Å². The van der Waals surface area contributed by atoms with Crippen LogP contribution in [0.15, 0.2) is 54.9 Å². The average molecular weight is 397 g/mol. The van der Waals surface area contributed by atoms with Crippen molar-refractivity contribution in [3.63, 3.8) is 0 Å². The molecular weight excluding hydrogens is 372 g/mol. The first kappa shape index (κ1) is 20.1. The van der Waals surface area contributed by atoms with Crippen LogP contribution >= 0.6 is 12.4 Å². The lowest BCUT2D eigenvalue weighted by Gasteiger charge is -2.30. The second kappa shape index (κ2) is 9.02. The Labute approximate surface area is 171 Å². The van der Waals surface area contributed by atoms with E-state index in [1.807, 2.05) is 12.1 Å². The summed E-state index contributed by atoms with van der Waals surface area (Å²) in [6.07, 6.45) is 7.26. The number of hydrogen-bond donors (Lipinski definition) is 2. The maximum atomic E-state index is 12.3. The van der Waals surface area contributed by atoms with Crippen molar-refractivity contribution in [3.8, 4) is 0 Å². The van der Waals surface area contributed by atoms with Crippen molar-refractivity contribution in [1.29, 1.82) is 0 Å². The van der Waals surface area contributed by atoms with Gasteiger partial charge in [-0.2, -0.15) is 0 Å². The van der Waals surface area contributed by atoms with Crippen molar-refractivity contribution in [1.82, 2.24) is 15.3 Å². The van der Waals surface area contributed by atoms with Gasteiger partial charge in [0.15, 0.2) is 0 Å². The molecule has 1 amide bonds. The third kappa shape index (κ3) is 4.60. The molecule has 146 valence electrons. The van der Waals surface area contributed by atoms with Gasteiger partial charge in [-0.15, -0.1) is 12.4 Å². The van der Waals surface area contributed by atoms with Crippen molar-refractivity contribution in [3.05, 3.63) is 66.0 Å². The Morgan fingerprint density at radius 1 is 1.04 bits per heavy atom. The molecule has 3 aromatic rings. The molecule has 1 saturated carbocycles. The van der Waals surface area contributed by atoms with Crippen LogP contribution in [0.2, 0.25) is 0 Å². The summed E-state index contributed by atoms with van der Waals surface area (Å²) < 4.78 is 0. The van der Waals surface area contributed by atoms with E-state index in [-0.39, 0.29) is 24.4 Å². The van der Waals surface area contributed by atoms with Crippen LogP contribution in [0.25, 0.3) is 10.9 Å². The minimum absolute atomic E-state index is 0. The maximum Gasteiger partial charge on any atom is 0.253 e. The highest BCUT2D eigenvalue weighted by Crippen LogP contribution is 2.25. The molecule has 1 aliphatic carbocycles. The predicted octanol–water partition coefficient (Wildman–Crippen LogP) is 4.51. The summed E-state index contributed by atoms with van der Waals surface area (Å²) in [6.45, 7) is 2.13. The molecule has 6 heteroatoms. The third-order valence-corrected chi connectivity index (χ3v) is 5.26. The van der Waals surface area contributed by atoms with Gasteiger partial charge in [0.1, 0.15) is 5.82 Å². The summed E-state index contributed by atoms with van der Waals surface area (Å²) in [7, 11) is 0. The largest absolute Gasteiger partial charge is 0.367 e. The van der Waals surface area contributed by atoms with E-state index in [0.717, 1.165) is 37.0 Å². The van der Waals surface area contributed by atoms with Gasteiger partial charge in [-0.3, -0.25) is 9.78 Å². The van der Waals surface area contributed by atoms with E-state index in [1.165, 1.54) is 10.9 Å². The van der Waals surface area contributed by atoms with Gasteiger partial charge in [-0.25, -0.2) is 4.98 Å². The summed E-state index contributed by atoms with van der Waals surface area (Å²) in [5, 5.41) is 7.92. The first-order chi connectivity index (χ1) is 13.2. The Balaban J connectivity index is 0.00000225. The fourth-order valence-corrected chi connectivity index (χ4v) is 3.78. The van der Waals surface area contributed by atoms with Crippen molar-refractivity contribution < 1.29 is 4.79 Å². The summed E-state index contributed by atoms with van der Waals surface area (Å²) in [6, 6.07) is 14.6. The number of benzene rings is 1. The molecular formula is C22H25ClN4O. The second-order valence-electron chi connectivity index (χ2n) is 7.25. The Kier molecular flexibility index (Phi) is 6.47. The number of halogens is 1. The Morgan fingerprint density at radius 2 is 1.79 bits per heavy atom. The Morgan fingerprint density at radius 3 is 2.54 bits per heavy atom. The number of aromatic nitrogens is 2. The molecule has 0 unspecified atom stereocenters. The fraction of sp³-hybridized carbons (Fsp3) is 0.318. The number of carbonyl (C=O) groups excluding carboxylic acids is 1. The molecule has 0 aliphatic heterocycles. The molecule has 1 aliphatic rings. The topological polar surface area (TPSA) is 66.9 Å². The van der Waals surface area contributed by atoms with Crippen LogP contribution in [0, 0.1) is 6.92 Å². The number of aryl methyl sites for hydroxylation is 1. The summed E-state index contributed by atoms with van der Waals surface area (Å²) in [4.78, 5) is 21.0. The molecule has 1 aromatic carbocycles. The van der Waals surface area contributed by atoms with E-state index >= 15 is 0 Å². The highest BCUT2D eigenvalue weighted by atomic mass is 35.5. The van der Waals surface area contributed by atoms with E-state index in [1.54, 1.807) is 24.5 Å². The number of carbonyl (C=O) groups is 1. The first-order valence-corrected chi connectivity index (χ1v) is 9.53. The van der Waals surface area contributed by atoms with Crippen LogP contribution in [-0.2, 0) is 0 Å². The summed E-state index contributed by atoms with van der Waals surface area (Å²) in [5.74, 6) is 0.903.